The van der Waals surface area contributed by atoms with Crippen LogP contribution in [0.5, 0.6) is 11.5 Å². The molecule has 20 heavy (non-hydrogen) atoms. The molecule has 2 aromatic carbocycles. The third kappa shape index (κ3) is 3.28. The minimum absolute atomic E-state index is 0.229. The first kappa shape index (κ1) is 14.4. The van der Waals surface area contributed by atoms with Crippen LogP contribution in [0.3, 0.4) is 0 Å². The maximum atomic E-state index is 12.8. The zero-order chi connectivity index (χ0) is 14.5. The molecular weight excluding hydrogens is 325 g/mol. The fourth-order valence-electron chi connectivity index (χ4n) is 1.69. The van der Waals surface area contributed by atoms with Crippen LogP contribution in [0, 0.1) is 17.1 Å². The lowest BCUT2D eigenvalue weighted by atomic mass is 10.2. The van der Waals surface area contributed by atoms with Gasteiger partial charge in [0.25, 0.3) is 0 Å². The molecule has 0 radical (unpaired) electrons. The minimum Gasteiger partial charge on any atom is -0.493 e. The summed E-state index contributed by atoms with van der Waals surface area (Å²) in [4.78, 5) is 0. The number of ether oxygens (including phenoxy) is 2. The van der Waals surface area contributed by atoms with Crippen molar-refractivity contribution in [3.8, 4) is 17.6 Å². The second kappa shape index (κ2) is 6.40. The molecule has 3 nitrogen and oxygen atoms in total. The molecule has 0 bridgehead atoms. The first-order chi connectivity index (χ1) is 9.63. The largest absolute Gasteiger partial charge is 0.493 e. The Hall–Kier alpha value is -2.06. The normalized spacial score (nSPS) is 9.90. The molecule has 0 spiro atoms. The average Bonchev–Trinajstić information content (AvgIpc) is 2.46. The van der Waals surface area contributed by atoms with Crippen LogP contribution in [0.15, 0.2) is 40.9 Å². The molecule has 0 saturated heterocycles. The van der Waals surface area contributed by atoms with Crippen LogP contribution in [0.2, 0.25) is 0 Å². The number of hydrogen-bond donors (Lipinski definition) is 0. The van der Waals surface area contributed by atoms with Crippen LogP contribution < -0.4 is 9.47 Å². The molecule has 0 aliphatic carbocycles. The van der Waals surface area contributed by atoms with Gasteiger partial charge < -0.3 is 9.47 Å². The molecule has 0 amide bonds. The van der Waals surface area contributed by atoms with E-state index >= 15 is 0 Å². The van der Waals surface area contributed by atoms with Crippen LogP contribution in [0.4, 0.5) is 4.39 Å². The van der Waals surface area contributed by atoms with Crippen molar-refractivity contribution in [1.29, 1.82) is 5.26 Å². The zero-order valence-corrected chi connectivity index (χ0v) is 12.3. The molecule has 102 valence electrons. The molecule has 0 atom stereocenters. The van der Waals surface area contributed by atoms with Crippen molar-refractivity contribution < 1.29 is 13.9 Å². The average molecular weight is 336 g/mol. The Morgan fingerprint density at radius 1 is 1.25 bits per heavy atom. The Balaban J connectivity index is 2.24. The van der Waals surface area contributed by atoms with Gasteiger partial charge in [-0.1, -0.05) is 28.1 Å². The number of rotatable bonds is 4. The van der Waals surface area contributed by atoms with Crippen LogP contribution in [-0.2, 0) is 6.61 Å². The summed E-state index contributed by atoms with van der Waals surface area (Å²) in [5.74, 6) is 0.549. The fourth-order valence-corrected chi connectivity index (χ4v) is 2.13. The van der Waals surface area contributed by atoms with E-state index in [2.05, 4.69) is 22.0 Å². The fraction of sp³-hybridized carbons (Fsp3) is 0.133. The predicted octanol–water partition coefficient (Wildman–Crippen LogP) is 4.05. The summed E-state index contributed by atoms with van der Waals surface area (Å²) < 4.78 is 24.4. The molecule has 0 aliphatic heterocycles. The minimum atomic E-state index is -0.298. The monoisotopic (exact) mass is 335 g/mol. The highest BCUT2D eigenvalue weighted by Crippen LogP contribution is 2.34. The molecule has 0 aromatic heterocycles. The van der Waals surface area contributed by atoms with E-state index in [0.717, 1.165) is 10.0 Å². The summed E-state index contributed by atoms with van der Waals surface area (Å²) >= 11 is 3.30. The standard InChI is InChI=1S/C15H11BrFNO2/c1-19-14-7-12(16)6-11(8-18)15(14)20-9-10-2-4-13(17)5-3-10/h2-7H,9H2,1H3. The lowest BCUT2D eigenvalue weighted by Gasteiger charge is -2.12. The number of halogens is 2. The molecule has 0 fully saturated rings. The Kier molecular flexibility index (Phi) is 4.59. The van der Waals surface area contributed by atoms with Crippen LogP contribution in [0.1, 0.15) is 11.1 Å². The second-order valence-electron chi connectivity index (χ2n) is 4.01. The van der Waals surface area contributed by atoms with Gasteiger partial charge in [-0.2, -0.15) is 5.26 Å². The van der Waals surface area contributed by atoms with Gasteiger partial charge in [0.15, 0.2) is 11.5 Å². The van der Waals surface area contributed by atoms with Crippen molar-refractivity contribution in [3.05, 3.63) is 57.8 Å². The Labute approximate surface area is 124 Å². The maximum Gasteiger partial charge on any atom is 0.179 e. The van der Waals surface area contributed by atoms with E-state index in [1.165, 1.54) is 19.2 Å². The first-order valence-corrected chi connectivity index (χ1v) is 6.58. The van der Waals surface area contributed by atoms with Crippen molar-refractivity contribution in [1.82, 2.24) is 0 Å². The number of nitrogens with zero attached hydrogens (tertiary/aromatic N) is 1. The van der Waals surface area contributed by atoms with Gasteiger partial charge in [0, 0.05) is 4.47 Å². The third-order valence-electron chi connectivity index (χ3n) is 2.66. The van der Waals surface area contributed by atoms with E-state index < -0.39 is 0 Å². The first-order valence-electron chi connectivity index (χ1n) is 5.79. The zero-order valence-electron chi connectivity index (χ0n) is 10.7. The smallest absolute Gasteiger partial charge is 0.179 e. The van der Waals surface area contributed by atoms with E-state index in [9.17, 15) is 4.39 Å². The second-order valence-corrected chi connectivity index (χ2v) is 4.93. The number of benzene rings is 2. The third-order valence-corrected chi connectivity index (χ3v) is 3.11. The SMILES string of the molecule is COc1cc(Br)cc(C#N)c1OCc1ccc(F)cc1. The van der Waals surface area contributed by atoms with Gasteiger partial charge in [-0.15, -0.1) is 0 Å². The lowest BCUT2D eigenvalue weighted by molar-refractivity contribution is 0.283. The number of nitriles is 1. The highest BCUT2D eigenvalue weighted by molar-refractivity contribution is 9.10. The highest BCUT2D eigenvalue weighted by Gasteiger charge is 2.12. The molecule has 0 unspecified atom stereocenters. The number of hydrogen-bond acceptors (Lipinski definition) is 3. The molecule has 0 aliphatic rings. The van der Waals surface area contributed by atoms with Crippen molar-refractivity contribution in [2.75, 3.05) is 7.11 Å². The summed E-state index contributed by atoms with van der Waals surface area (Å²) in [6.07, 6.45) is 0. The summed E-state index contributed by atoms with van der Waals surface area (Å²) in [5, 5.41) is 9.14. The molecule has 0 heterocycles. The summed E-state index contributed by atoms with van der Waals surface area (Å²) in [6, 6.07) is 11.4. The summed E-state index contributed by atoms with van der Waals surface area (Å²) in [5.41, 5.74) is 1.18. The Morgan fingerprint density at radius 2 is 1.95 bits per heavy atom. The predicted molar refractivity (Wildman–Crippen MR) is 76.1 cm³/mol. The van der Waals surface area contributed by atoms with Crippen molar-refractivity contribution >= 4 is 15.9 Å². The van der Waals surface area contributed by atoms with Gasteiger partial charge in [-0.3, -0.25) is 0 Å². The molecule has 0 saturated carbocycles. The van der Waals surface area contributed by atoms with E-state index in [1.54, 1.807) is 24.3 Å². The van der Waals surface area contributed by atoms with Crippen molar-refractivity contribution in [2.45, 2.75) is 6.61 Å². The lowest BCUT2D eigenvalue weighted by Crippen LogP contribution is -2.00. The van der Waals surface area contributed by atoms with Crippen molar-refractivity contribution in [3.63, 3.8) is 0 Å². The molecule has 5 heteroatoms. The van der Waals surface area contributed by atoms with Crippen LogP contribution in [-0.4, -0.2) is 7.11 Å². The van der Waals surface area contributed by atoms with Crippen LogP contribution >= 0.6 is 15.9 Å². The quantitative estimate of drug-likeness (QED) is 0.846. The molecular formula is C15H11BrFNO2. The Morgan fingerprint density at radius 3 is 2.55 bits per heavy atom. The molecule has 2 rings (SSSR count). The Bertz CT molecular complexity index is 650. The van der Waals surface area contributed by atoms with E-state index in [0.29, 0.717) is 17.1 Å². The van der Waals surface area contributed by atoms with Gasteiger partial charge in [-0.25, -0.2) is 4.39 Å². The van der Waals surface area contributed by atoms with Gasteiger partial charge in [0.2, 0.25) is 0 Å². The van der Waals surface area contributed by atoms with E-state index in [1.807, 2.05) is 0 Å². The summed E-state index contributed by atoms with van der Waals surface area (Å²) in [7, 11) is 1.51. The molecule has 2 aromatic rings. The van der Waals surface area contributed by atoms with Crippen molar-refractivity contribution in [2.24, 2.45) is 0 Å². The van der Waals surface area contributed by atoms with Gasteiger partial charge >= 0.3 is 0 Å². The summed E-state index contributed by atoms with van der Waals surface area (Å²) in [6.45, 7) is 0.229. The maximum absolute atomic E-state index is 12.8. The van der Waals surface area contributed by atoms with Crippen LogP contribution in [0.25, 0.3) is 0 Å². The topological polar surface area (TPSA) is 42.2 Å². The molecule has 0 N–H and O–H groups in total. The highest BCUT2D eigenvalue weighted by atomic mass is 79.9. The van der Waals surface area contributed by atoms with Gasteiger partial charge in [0.05, 0.1) is 12.7 Å². The van der Waals surface area contributed by atoms with Gasteiger partial charge in [-0.05, 0) is 29.8 Å². The van der Waals surface area contributed by atoms with E-state index in [4.69, 9.17) is 14.7 Å². The number of methoxy groups -OCH3 is 1. The van der Waals surface area contributed by atoms with Gasteiger partial charge in [0.1, 0.15) is 18.5 Å². The van der Waals surface area contributed by atoms with E-state index in [-0.39, 0.29) is 12.4 Å².